The molecule has 0 aliphatic rings. The minimum atomic E-state index is -0.935. The van der Waals surface area contributed by atoms with Crippen molar-refractivity contribution in [2.24, 2.45) is 0 Å². The first-order chi connectivity index (χ1) is 9.47. The van der Waals surface area contributed by atoms with Gasteiger partial charge in [0.05, 0.1) is 19.2 Å². The quantitative estimate of drug-likeness (QED) is 0.847. The molecule has 0 radical (unpaired) electrons. The molecule has 0 saturated heterocycles. The lowest BCUT2D eigenvalue weighted by Gasteiger charge is -2.12. The molecule has 0 amide bonds. The summed E-state index contributed by atoms with van der Waals surface area (Å²) in [5.74, 6) is -1.61. The van der Waals surface area contributed by atoms with E-state index in [1.807, 2.05) is 0 Å². The Morgan fingerprint density at radius 2 is 1.95 bits per heavy atom. The maximum absolute atomic E-state index is 12.3. The average molecular weight is 275 g/mol. The molecule has 0 bridgehead atoms. The molecule has 6 heteroatoms. The van der Waals surface area contributed by atoms with E-state index in [1.165, 1.54) is 6.92 Å². The number of benzene rings is 1. The zero-order chi connectivity index (χ0) is 14.9. The number of fused-ring (bicyclic) bond motifs is 1. The molecule has 6 nitrogen and oxygen atoms in total. The summed E-state index contributed by atoms with van der Waals surface area (Å²) in [5, 5.41) is 10.4. The van der Waals surface area contributed by atoms with Crippen molar-refractivity contribution in [1.82, 2.24) is 4.57 Å². The van der Waals surface area contributed by atoms with Gasteiger partial charge >= 0.3 is 5.97 Å². The number of rotatable bonds is 3. The molecule has 20 heavy (non-hydrogen) atoms. The van der Waals surface area contributed by atoms with Crippen LogP contribution in [0.5, 0.6) is 5.75 Å². The lowest BCUT2D eigenvalue weighted by molar-refractivity contribution is -0.117. The number of Topliss-reactive ketones (excluding diaryl/α,β-unsaturated/α-hetero) is 1. The molecule has 0 fully saturated rings. The SMILES string of the molecule is COC(=O)c1c(O)c2ccccc2n(CC(C)=O)c1=O. The molecule has 0 aliphatic heterocycles. The monoisotopic (exact) mass is 275 g/mol. The van der Waals surface area contributed by atoms with Crippen LogP contribution < -0.4 is 5.56 Å². The van der Waals surface area contributed by atoms with E-state index in [0.717, 1.165) is 11.7 Å². The van der Waals surface area contributed by atoms with Crippen molar-refractivity contribution in [2.45, 2.75) is 13.5 Å². The zero-order valence-corrected chi connectivity index (χ0v) is 11.0. The van der Waals surface area contributed by atoms with Crippen LogP contribution in [0.3, 0.4) is 0 Å². The normalized spacial score (nSPS) is 10.5. The van der Waals surface area contributed by atoms with Crippen LogP contribution in [0.15, 0.2) is 29.1 Å². The Kier molecular flexibility index (Phi) is 3.56. The van der Waals surface area contributed by atoms with Gasteiger partial charge in [-0.2, -0.15) is 0 Å². The van der Waals surface area contributed by atoms with E-state index in [1.54, 1.807) is 24.3 Å². The number of para-hydroxylation sites is 1. The van der Waals surface area contributed by atoms with Crippen molar-refractivity contribution >= 4 is 22.7 Å². The molecule has 0 aliphatic carbocycles. The predicted octanol–water partition coefficient (Wildman–Crippen LogP) is 1.08. The molecule has 0 atom stereocenters. The van der Waals surface area contributed by atoms with Crippen LogP contribution in [0.2, 0.25) is 0 Å². The molecule has 2 rings (SSSR count). The van der Waals surface area contributed by atoms with E-state index < -0.39 is 22.8 Å². The van der Waals surface area contributed by atoms with Crippen molar-refractivity contribution in [1.29, 1.82) is 0 Å². The van der Waals surface area contributed by atoms with Crippen LogP contribution in [-0.4, -0.2) is 28.5 Å². The first-order valence-electron chi connectivity index (χ1n) is 5.89. The van der Waals surface area contributed by atoms with Gasteiger partial charge in [0.2, 0.25) is 0 Å². The number of esters is 1. The largest absolute Gasteiger partial charge is 0.506 e. The van der Waals surface area contributed by atoms with E-state index in [4.69, 9.17) is 0 Å². The van der Waals surface area contributed by atoms with E-state index in [-0.39, 0.29) is 12.3 Å². The number of hydrogen-bond donors (Lipinski definition) is 1. The van der Waals surface area contributed by atoms with Gasteiger partial charge in [-0.3, -0.25) is 14.2 Å². The van der Waals surface area contributed by atoms with Gasteiger partial charge in [-0.05, 0) is 19.1 Å². The van der Waals surface area contributed by atoms with Crippen LogP contribution >= 0.6 is 0 Å². The number of ketones is 1. The van der Waals surface area contributed by atoms with Crippen molar-refractivity contribution < 1.29 is 19.4 Å². The number of aromatic hydroxyl groups is 1. The number of pyridine rings is 1. The lowest BCUT2D eigenvalue weighted by Crippen LogP contribution is -2.29. The topological polar surface area (TPSA) is 85.6 Å². The highest BCUT2D eigenvalue weighted by molar-refractivity contribution is 5.99. The summed E-state index contributed by atoms with van der Waals surface area (Å²) in [5.41, 5.74) is -0.825. The fourth-order valence-corrected chi connectivity index (χ4v) is 2.06. The number of hydrogen-bond acceptors (Lipinski definition) is 5. The summed E-state index contributed by atoms with van der Waals surface area (Å²) in [6.07, 6.45) is 0. The molecule has 1 heterocycles. The molecule has 0 saturated carbocycles. The third-order valence-electron chi connectivity index (χ3n) is 2.92. The zero-order valence-electron chi connectivity index (χ0n) is 11.0. The van der Waals surface area contributed by atoms with E-state index in [0.29, 0.717) is 10.9 Å². The molecule has 0 unspecified atom stereocenters. The van der Waals surface area contributed by atoms with Gasteiger partial charge in [-0.15, -0.1) is 0 Å². The van der Waals surface area contributed by atoms with Crippen LogP contribution in [0.4, 0.5) is 0 Å². The number of ether oxygens (including phenoxy) is 1. The van der Waals surface area contributed by atoms with Crippen LogP contribution in [-0.2, 0) is 16.1 Å². The van der Waals surface area contributed by atoms with Crippen molar-refractivity contribution in [3.05, 3.63) is 40.2 Å². The fourth-order valence-electron chi connectivity index (χ4n) is 2.06. The van der Waals surface area contributed by atoms with Crippen LogP contribution in [0, 0.1) is 0 Å². The van der Waals surface area contributed by atoms with Gasteiger partial charge in [0, 0.05) is 5.39 Å². The smallest absolute Gasteiger partial charge is 0.347 e. The summed E-state index contributed by atoms with van der Waals surface area (Å²) in [6, 6.07) is 6.50. The Labute approximate surface area is 114 Å². The third-order valence-corrected chi connectivity index (χ3v) is 2.92. The van der Waals surface area contributed by atoms with E-state index >= 15 is 0 Å². The molecule has 0 spiro atoms. The fraction of sp³-hybridized carbons (Fsp3) is 0.214. The third kappa shape index (κ3) is 2.16. The Morgan fingerprint density at radius 3 is 2.55 bits per heavy atom. The number of aromatic nitrogens is 1. The number of nitrogens with zero attached hydrogens (tertiary/aromatic N) is 1. The highest BCUT2D eigenvalue weighted by Gasteiger charge is 2.22. The van der Waals surface area contributed by atoms with E-state index in [9.17, 15) is 19.5 Å². The Balaban J connectivity index is 2.92. The molecular formula is C14H13NO5. The molecule has 1 aromatic carbocycles. The Bertz CT molecular complexity index is 760. The predicted molar refractivity (Wildman–Crippen MR) is 71.9 cm³/mol. The second-order valence-corrected chi connectivity index (χ2v) is 4.33. The number of carbonyl (C=O) groups excluding carboxylic acids is 2. The van der Waals surface area contributed by atoms with Gasteiger partial charge < -0.3 is 9.84 Å². The molecule has 1 aromatic heterocycles. The summed E-state index contributed by atoms with van der Waals surface area (Å²) in [4.78, 5) is 35.3. The second kappa shape index (κ2) is 5.16. The maximum atomic E-state index is 12.3. The van der Waals surface area contributed by atoms with Gasteiger partial charge in [-0.1, -0.05) is 12.1 Å². The minimum Gasteiger partial charge on any atom is -0.506 e. The van der Waals surface area contributed by atoms with Gasteiger partial charge in [0.25, 0.3) is 5.56 Å². The first kappa shape index (κ1) is 13.8. The molecule has 1 N–H and O–H groups in total. The summed E-state index contributed by atoms with van der Waals surface area (Å²) >= 11 is 0. The Morgan fingerprint density at radius 1 is 1.30 bits per heavy atom. The van der Waals surface area contributed by atoms with Gasteiger partial charge in [0.15, 0.2) is 5.56 Å². The second-order valence-electron chi connectivity index (χ2n) is 4.33. The minimum absolute atomic E-state index is 0.177. The van der Waals surface area contributed by atoms with Crippen LogP contribution in [0.1, 0.15) is 17.3 Å². The summed E-state index contributed by atoms with van der Waals surface area (Å²) < 4.78 is 5.67. The van der Waals surface area contributed by atoms with Crippen LogP contribution in [0.25, 0.3) is 10.9 Å². The van der Waals surface area contributed by atoms with Crippen molar-refractivity contribution in [3.63, 3.8) is 0 Å². The van der Waals surface area contributed by atoms with Gasteiger partial charge in [-0.25, -0.2) is 4.79 Å². The highest BCUT2D eigenvalue weighted by atomic mass is 16.5. The standard InChI is InChI=1S/C14H13NO5/c1-8(16)7-15-10-6-4-3-5-9(10)12(17)11(13(15)18)14(19)20-2/h3-6,17H,7H2,1-2H3. The van der Waals surface area contributed by atoms with E-state index in [2.05, 4.69) is 4.74 Å². The maximum Gasteiger partial charge on any atom is 0.347 e. The highest BCUT2D eigenvalue weighted by Crippen LogP contribution is 2.26. The Hall–Kier alpha value is -2.63. The first-order valence-corrected chi connectivity index (χ1v) is 5.89. The lowest BCUT2D eigenvalue weighted by atomic mass is 10.1. The molecule has 2 aromatic rings. The number of carbonyl (C=O) groups is 2. The van der Waals surface area contributed by atoms with Crippen molar-refractivity contribution in [3.8, 4) is 5.75 Å². The number of methoxy groups -OCH3 is 1. The summed E-state index contributed by atoms with van der Waals surface area (Å²) in [6.45, 7) is 1.16. The molecular weight excluding hydrogens is 262 g/mol. The average Bonchev–Trinajstić information content (AvgIpc) is 2.43. The molecule has 104 valence electrons. The summed E-state index contributed by atoms with van der Waals surface area (Å²) in [7, 11) is 1.12. The van der Waals surface area contributed by atoms with Gasteiger partial charge in [0.1, 0.15) is 11.5 Å². The van der Waals surface area contributed by atoms with Crippen molar-refractivity contribution in [2.75, 3.05) is 7.11 Å².